The van der Waals surface area contributed by atoms with Gasteiger partial charge in [-0.1, -0.05) is 54.6 Å². The summed E-state index contributed by atoms with van der Waals surface area (Å²) in [6.45, 7) is 2.55. The number of Topliss-reactive ketones (excluding diaryl/α,β-unsaturated/α-hetero) is 1. The number of carbonyl (C=O) groups is 2. The molecule has 0 bridgehead atoms. The van der Waals surface area contributed by atoms with E-state index in [1.165, 1.54) is 0 Å². The lowest BCUT2D eigenvalue weighted by atomic mass is 10.1. The topological polar surface area (TPSA) is 138 Å². The maximum absolute atomic E-state index is 13.3. The minimum absolute atomic E-state index is 0.0584. The number of hydrogen-bond acceptors (Lipinski definition) is 8. The molecule has 0 radical (unpaired) electrons. The largest absolute Gasteiger partial charge is 0.445 e. The van der Waals surface area contributed by atoms with Gasteiger partial charge in [-0.25, -0.2) is 19.7 Å². The second-order valence-corrected chi connectivity index (χ2v) is 9.37. The summed E-state index contributed by atoms with van der Waals surface area (Å²) in [5.41, 5.74) is 11.0. The summed E-state index contributed by atoms with van der Waals surface area (Å²) in [7, 11) is 0. The van der Waals surface area contributed by atoms with Crippen molar-refractivity contribution in [2.45, 2.75) is 26.4 Å². The van der Waals surface area contributed by atoms with Crippen LogP contribution in [0.15, 0.2) is 91.6 Å². The van der Waals surface area contributed by atoms with Gasteiger partial charge in [-0.3, -0.25) is 9.78 Å². The standard InChI is InChI=1S/C31H29N7O3/c1-21-34-15-16-38(21)27-12-13-33-18-25(27)17-28(39)29-30(32)36-19-26(37-29)24-9-7-22(8-10-24)11-14-35-31(40)41-20-23-5-3-2-4-6-23/h2-10,12-13,15-16,18-19H,11,14,17,20H2,1H3,(H2,32,36)(H,35,40). The fraction of sp³-hybridized carbons (Fsp3) is 0.161. The van der Waals surface area contributed by atoms with Gasteiger partial charge in [-0.05, 0) is 30.5 Å². The molecule has 0 spiro atoms. The van der Waals surface area contributed by atoms with E-state index in [2.05, 4.69) is 25.3 Å². The first-order valence-electron chi connectivity index (χ1n) is 13.1. The van der Waals surface area contributed by atoms with Gasteiger partial charge in [0.15, 0.2) is 11.6 Å². The highest BCUT2D eigenvalue weighted by atomic mass is 16.5. The highest BCUT2D eigenvalue weighted by molar-refractivity contribution is 6.00. The Kier molecular flexibility index (Phi) is 8.39. The highest BCUT2D eigenvalue weighted by Crippen LogP contribution is 2.22. The van der Waals surface area contributed by atoms with Crippen LogP contribution in [0.1, 0.15) is 33.0 Å². The summed E-state index contributed by atoms with van der Waals surface area (Å²) < 4.78 is 7.14. The molecule has 0 unspecified atom stereocenters. The Morgan fingerprint density at radius 1 is 0.951 bits per heavy atom. The summed E-state index contributed by atoms with van der Waals surface area (Å²) in [6, 6.07) is 19.1. The molecular formula is C31H29N7O3. The number of benzene rings is 2. The number of carbonyl (C=O) groups excluding carboxylic acids is 2. The Morgan fingerprint density at radius 2 is 1.76 bits per heavy atom. The smallest absolute Gasteiger partial charge is 0.407 e. The van der Waals surface area contributed by atoms with Crippen LogP contribution in [-0.2, 0) is 24.2 Å². The van der Waals surface area contributed by atoms with E-state index in [9.17, 15) is 9.59 Å². The number of nitrogen functional groups attached to an aromatic ring is 1. The van der Waals surface area contributed by atoms with Crippen molar-refractivity contribution in [3.63, 3.8) is 0 Å². The normalized spacial score (nSPS) is 10.8. The predicted octanol–water partition coefficient (Wildman–Crippen LogP) is 4.51. The van der Waals surface area contributed by atoms with Crippen LogP contribution < -0.4 is 11.1 Å². The van der Waals surface area contributed by atoms with Crippen LogP contribution in [-0.4, -0.2) is 42.9 Å². The number of alkyl carbamates (subject to hydrolysis) is 1. The molecule has 10 nitrogen and oxygen atoms in total. The van der Waals surface area contributed by atoms with Crippen LogP contribution in [0.2, 0.25) is 0 Å². The van der Waals surface area contributed by atoms with Gasteiger partial charge in [0.05, 0.1) is 17.6 Å². The second-order valence-electron chi connectivity index (χ2n) is 9.37. The number of aromatic nitrogens is 5. The maximum Gasteiger partial charge on any atom is 0.407 e. The molecule has 1 amide bonds. The molecule has 0 aliphatic carbocycles. The molecular weight excluding hydrogens is 518 g/mol. The minimum Gasteiger partial charge on any atom is -0.445 e. The van der Waals surface area contributed by atoms with E-state index >= 15 is 0 Å². The average molecular weight is 548 g/mol. The van der Waals surface area contributed by atoms with E-state index in [0.717, 1.165) is 33.8 Å². The van der Waals surface area contributed by atoms with E-state index in [-0.39, 0.29) is 30.3 Å². The number of nitrogens with two attached hydrogens (primary N) is 1. The molecule has 206 valence electrons. The van der Waals surface area contributed by atoms with Crippen LogP contribution in [0.5, 0.6) is 0 Å². The van der Waals surface area contributed by atoms with Crippen molar-refractivity contribution in [2.24, 2.45) is 0 Å². The van der Waals surface area contributed by atoms with Gasteiger partial charge < -0.3 is 20.4 Å². The lowest BCUT2D eigenvalue weighted by molar-refractivity contribution is 0.0988. The molecule has 3 N–H and O–H groups in total. The third-order valence-corrected chi connectivity index (χ3v) is 6.52. The zero-order valence-electron chi connectivity index (χ0n) is 22.5. The number of imidazole rings is 1. The number of pyridine rings is 1. The molecule has 0 saturated carbocycles. The fourth-order valence-electron chi connectivity index (χ4n) is 4.35. The molecule has 0 fully saturated rings. The molecule has 3 aromatic heterocycles. The zero-order chi connectivity index (χ0) is 28.6. The van der Waals surface area contributed by atoms with Gasteiger partial charge in [0.25, 0.3) is 0 Å². The molecule has 5 aromatic rings. The van der Waals surface area contributed by atoms with Crippen molar-refractivity contribution in [2.75, 3.05) is 12.3 Å². The number of anilines is 1. The Bertz CT molecular complexity index is 1650. The Balaban J connectivity index is 1.20. The molecule has 41 heavy (non-hydrogen) atoms. The van der Waals surface area contributed by atoms with Crippen LogP contribution in [0, 0.1) is 6.92 Å². The third kappa shape index (κ3) is 6.80. The number of nitrogens with one attached hydrogen (secondary N) is 1. The second kappa shape index (κ2) is 12.6. The van der Waals surface area contributed by atoms with Crippen molar-refractivity contribution in [1.82, 2.24) is 29.8 Å². The van der Waals surface area contributed by atoms with E-state index in [0.29, 0.717) is 18.7 Å². The van der Waals surface area contributed by atoms with Gasteiger partial charge in [-0.2, -0.15) is 0 Å². The fourth-order valence-corrected chi connectivity index (χ4v) is 4.35. The number of aryl methyl sites for hydroxylation is 1. The van der Waals surface area contributed by atoms with Gasteiger partial charge in [0, 0.05) is 48.9 Å². The number of rotatable bonds is 10. The molecule has 10 heteroatoms. The Morgan fingerprint density at radius 3 is 2.51 bits per heavy atom. The minimum atomic E-state index is -0.460. The first-order valence-corrected chi connectivity index (χ1v) is 13.1. The first kappa shape index (κ1) is 27.2. The average Bonchev–Trinajstić information content (AvgIpc) is 3.43. The molecule has 0 aliphatic rings. The van der Waals surface area contributed by atoms with Crippen molar-refractivity contribution in [1.29, 1.82) is 0 Å². The van der Waals surface area contributed by atoms with Crippen molar-refractivity contribution < 1.29 is 14.3 Å². The lowest BCUT2D eigenvalue weighted by Gasteiger charge is -2.12. The number of ketones is 1. The van der Waals surface area contributed by atoms with E-state index in [1.807, 2.05) is 78.4 Å². The molecule has 0 saturated heterocycles. The molecule has 0 atom stereocenters. The van der Waals surface area contributed by atoms with Crippen LogP contribution in [0.4, 0.5) is 10.6 Å². The predicted molar refractivity (Wildman–Crippen MR) is 154 cm³/mol. The molecule has 0 aliphatic heterocycles. The Hall–Kier alpha value is -5.38. The first-order chi connectivity index (χ1) is 20.0. The SMILES string of the molecule is Cc1nccn1-c1ccncc1CC(=O)c1nc(-c2ccc(CCNC(=O)OCc3ccccc3)cc2)cnc1N. The lowest BCUT2D eigenvalue weighted by Crippen LogP contribution is -2.26. The summed E-state index contributed by atoms with van der Waals surface area (Å²) in [6.07, 6.45) is 8.66. The van der Waals surface area contributed by atoms with E-state index in [4.69, 9.17) is 10.5 Å². The highest BCUT2D eigenvalue weighted by Gasteiger charge is 2.18. The summed E-state index contributed by atoms with van der Waals surface area (Å²) in [5, 5.41) is 2.77. The van der Waals surface area contributed by atoms with Gasteiger partial charge in [0.2, 0.25) is 0 Å². The van der Waals surface area contributed by atoms with Crippen molar-refractivity contribution in [3.8, 4) is 16.9 Å². The van der Waals surface area contributed by atoms with Gasteiger partial charge in [0.1, 0.15) is 18.1 Å². The third-order valence-electron chi connectivity index (χ3n) is 6.52. The molecule has 5 rings (SSSR count). The summed E-state index contributed by atoms with van der Waals surface area (Å²) >= 11 is 0. The quantitative estimate of drug-likeness (QED) is 0.244. The number of nitrogens with zero attached hydrogens (tertiary/aromatic N) is 5. The Labute approximate surface area is 237 Å². The number of ether oxygens (including phenoxy) is 1. The van der Waals surface area contributed by atoms with E-state index < -0.39 is 6.09 Å². The van der Waals surface area contributed by atoms with E-state index in [1.54, 1.807) is 24.8 Å². The maximum atomic E-state index is 13.3. The zero-order valence-corrected chi connectivity index (χ0v) is 22.5. The van der Waals surface area contributed by atoms with Gasteiger partial charge >= 0.3 is 6.09 Å². The summed E-state index contributed by atoms with van der Waals surface area (Å²) in [4.78, 5) is 42.5. The van der Waals surface area contributed by atoms with Crippen LogP contribution >= 0.6 is 0 Å². The number of amides is 1. The van der Waals surface area contributed by atoms with Crippen LogP contribution in [0.25, 0.3) is 16.9 Å². The van der Waals surface area contributed by atoms with Crippen LogP contribution in [0.3, 0.4) is 0 Å². The van der Waals surface area contributed by atoms with Crippen molar-refractivity contribution in [3.05, 3.63) is 120 Å². The van der Waals surface area contributed by atoms with Gasteiger partial charge in [-0.15, -0.1) is 0 Å². The monoisotopic (exact) mass is 547 g/mol. The summed E-state index contributed by atoms with van der Waals surface area (Å²) in [5.74, 6) is 0.615. The van der Waals surface area contributed by atoms with Crippen molar-refractivity contribution >= 4 is 17.7 Å². The molecule has 3 heterocycles. The number of hydrogen-bond donors (Lipinski definition) is 2. The molecule has 2 aromatic carbocycles.